The van der Waals surface area contributed by atoms with Gasteiger partial charge in [0, 0.05) is 25.1 Å². The van der Waals surface area contributed by atoms with Crippen molar-refractivity contribution in [3.05, 3.63) is 41.2 Å². The molecule has 0 unspecified atom stereocenters. The largest absolute Gasteiger partial charge is 0.335 e. The SMILES string of the molecule is CCn1c(CN2CCCCCC2=O)nnc1SCC(=O)c1ccc(C2CCCCC2)cc1. The first kappa shape index (κ1) is 23.0. The van der Waals surface area contributed by atoms with E-state index in [9.17, 15) is 9.59 Å². The fourth-order valence-electron chi connectivity index (χ4n) is 4.83. The number of ketones is 1. The molecule has 4 rings (SSSR count). The van der Waals surface area contributed by atoms with E-state index >= 15 is 0 Å². The lowest BCUT2D eigenvalue weighted by atomic mass is 9.84. The molecular weight excluding hydrogens is 420 g/mol. The van der Waals surface area contributed by atoms with Gasteiger partial charge in [0.2, 0.25) is 5.91 Å². The molecule has 172 valence electrons. The number of Topliss-reactive ketones (excluding diaryl/α,β-unsaturated/α-hetero) is 1. The zero-order valence-corrected chi connectivity index (χ0v) is 19.9. The van der Waals surface area contributed by atoms with Gasteiger partial charge in [0.15, 0.2) is 16.8 Å². The molecule has 0 spiro atoms. The quantitative estimate of drug-likeness (QED) is 0.404. The molecule has 1 saturated carbocycles. The summed E-state index contributed by atoms with van der Waals surface area (Å²) in [6.45, 7) is 4.05. The molecule has 0 radical (unpaired) electrons. The van der Waals surface area contributed by atoms with Gasteiger partial charge in [-0.15, -0.1) is 10.2 Å². The number of hydrogen-bond donors (Lipinski definition) is 0. The standard InChI is InChI=1S/C25H34N4O2S/c1-2-29-23(17-28-16-8-4-7-11-24(28)31)26-27-25(29)32-18-22(30)21-14-12-20(13-15-21)19-9-5-3-6-10-19/h12-15,19H,2-11,16-18H2,1H3. The van der Waals surface area contributed by atoms with Gasteiger partial charge in [0.05, 0.1) is 12.3 Å². The zero-order chi connectivity index (χ0) is 22.3. The van der Waals surface area contributed by atoms with Crippen LogP contribution >= 0.6 is 11.8 Å². The molecule has 2 aromatic rings. The van der Waals surface area contributed by atoms with Crippen LogP contribution in [0.2, 0.25) is 0 Å². The molecule has 0 bridgehead atoms. The van der Waals surface area contributed by atoms with E-state index < -0.39 is 0 Å². The highest BCUT2D eigenvalue weighted by atomic mass is 32.2. The van der Waals surface area contributed by atoms with Gasteiger partial charge in [0.1, 0.15) is 0 Å². The van der Waals surface area contributed by atoms with Crippen LogP contribution in [0.4, 0.5) is 0 Å². The minimum Gasteiger partial charge on any atom is -0.335 e. The summed E-state index contributed by atoms with van der Waals surface area (Å²) in [5, 5.41) is 9.42. The predicted octanol–water partition coefficient (Wildman–Crippen LogP) is 5.22. The van der Waals surface area contributed by atoms with Gasteiger partial charge in [-0.3, -0.25) is 9.59 Å². The van der Waals surface area contributed by atoms with Gasteiger partial charge >= 0.3 is 0 Å². The van der Waals surface area contributed by atoms with E-state index in [0.29, 0.717) is 24.6 Å². The van der Waals surface area contributed by atoms with Crippen molar-refractivity contribution in [2.45, 2.75) is 88.9 Å². The Morgan fingerprint density at radius 1 is 1.03 bits per heavy atom. The fraction of sp³-hybridized carbons (Fsp3) is 0.600. The van der Waals surface area contributed by atoms with Gasteiger partial charge in [-0.05, 0) is 44.1 Å². The molecule has 0 atom stereocenters. The molecule has 1 aliphatic heterocycles. The first-order valence-corrected chi connectivity index (χ1v) is 13.1. The van der Waals surface area contributed by atoms with E-state index in [4.69, 9.17) is 0 Å². The summed E-state index contributed by atoms with van der Waals surface area (Å²) in [7, 11) is 0. The van der Waals surface area contributed by atoms with Crippen molar-refractivity contribution < 1.29 is 9.59 Å². The summed E-state index contributed by atoms with van der Waals surface area (Å²) < 4.78 is 2.03. The summed E-state index contributed by atoms with van der Waals surface area (Å²) in [5.74, 6) is 2.10. The van der Waals surface area contributed by atoms with Crippen molar-refractivity contribution in [3.8, 4) is 0 Å². The third kappa shape index (κ3) is 5.61. The van der Waals surface area contributed by atoms with Crippen LogP contribution in [0.5, 0.6) is 0 Å². The molecule has 2 fully saturated rings. The van der Waals surface area contributed by atoms with Gasteiger partial charge in [-0.2, -0.15) is 0 Å². The second kappa shape index (κ2) is 11.1. The molecule has 1 aromatic carbocycles. The predicted molar refractivity (Wildman–Crippen MR) is 127 cm³/mol. The number of benzene rings is 1. The Labute approximate surface area is 195 Å². The van der Waals surface area contributed by atoms with Crippen LogP contribution in [0.15, 0.2) is 29.4 Å². The number of thioether (sulfide) groups is 1. The maximum Gasteiger partial charge on any atom is 0.222 e. The Morgan fingerprint density at radius 2 is 1.78 bits per heavy atom. The van der Waals surface area contributed by atoms with Crippen molar-refractivity contribution in [3.63, 3.8) is 0 Å². The van der Waals surface area contributed by atoms with Gasteiger partial charge < -0.3 is 9.47 Å². The van der Waals surface area contributed by atoms with Crippen LogP contribution < -0.4 is 0 Å². The summed E-state index contributed by atoms with van der Waals surface area (Å²) >= 11 is 1.43. The van der Waals surface area contributed by atoms with Crippen LogP contribution in [-0.2, 0) is 17.9 Å². The number of rotatable bonds is 8. The molecule has 1 aliphatic carbocycles. The topological polar surface area (TPSA) is 68.1 Å². The Hall–Kier alpha value is -2.15. The molecule has 1 saturated heterocycles. The molecule has 1 amide bonds. The molecule has 7 heteroatoms. The molecule has 6 nitrogen and oxygen atoms in total. The zero-order valence-electron chi connectivity index (χ0n) is 19.1. The average molecular weight is 455 g/mol. The maximum absolute atomic E-state index is 12.8. The second-order valence-electron chi connectivity index (χ2n) is 8.94. The number of hydrogen-bond acceptors (Lipinski definition) is 5. The summed E-state index contributed by atoms with van der Waals surface area (Å²) in [6, 6.07) is 8.24. The Kier molecular flexibility index (Phi) is 8.00. The lowest BCUT2D eigenvalue weighted by molar-refractivity contribution is -0.131. The van der Waals surface area contributed by atoms with E-state index in [0.717, 1.165) is 48.9 Å². The van der Waals surface area contributed by atoms with E-state index in [2.05, 4.69) is 22.3 Å². The van der Waals surface area contributed by atoms with Gasteiger partial charge in [-0.1, -0.05) is 61.7 Å². The maximum atomic E-state index is 12.8. The van der Waals surface area contributed by atoms with E-state index in [-0.39, 0.29) is 11.7 Å². The van der Waals surface area contributed by atoms with Crippen molar-refractivity contribution in [2.24, 2.45) is 0 Å². The number of carbonyl (C=O) groups is 2. The van der Waals surface area contributed by atoms with Crippen LogP contribution in [0, 0.1) is 0 Å². The number of amides is 1. The van der Waals surface area contributed by atoms with Crippen LogP contribution in [0.3, 0.4) is 0 Å². The van der Waals surface area contributed by atoms with Crippen molar-refractivity contribution in [1.29, 1.82) is 0 Å². The normalized spacial score (nSPS) is 18.0. The Bertz CT molecular complexity index is 919. The van der Waals surface area contributed by atoms with E-state index in [1.165, 1.54) is 49.4 Å². The molecule has 2 heterocycles. The van der Waals surface area contributed by atoms with Crippen LogP contribution in [0.25, 0.3) is 0 Å². The Balaban J connectivity index is 1.36. The smallest absolute Gasteiger partial charge is 0.222 e. The lowest BCUT2D eigenvalue weighted by Gasteiger charge is -2.22. The highest BCUT2D eigenvalue weighted by Gasteiger charge is 2.21. The molecular formula is C25H34N4O2S. The number of likely N-dealkylation sites (tertiary alicyclic amines) is 1. The summed E-state index contributed by atoms with van der Waals surface area (Å²) in [5.41, 5.74) is 2.13. The number of aromatic nitrogens is 3. The van der Waals surface area contributed by atoms with Gasteiger partial charge in [-0.25, -0.2) is 0 Å². The van der Waals surface area contributed by atoms with Crippen molar-refractivity contribution in [2.75, 3.05) is 12.3 Å². The highest BCUT2D eigenvalue weighted by Crippen LogP contribution is 2.32. The van der Waals surface area contributed by atoms with Gasteiger partial charge in [0.25, 0.3) is 0 Å². The minimum absolute atomic E-state index is 0.111. The molecule has 0 N–H and O–H groups in total. The van der Waals surface area contributed by atoms with E-state index in [1.807, 2.05) is 28.5 Å². The lowest BCUT2D eigenvalue weighted by Crippen LogP contribution is -2.31. The highest BCUT2D eigenvalue weighted by molar-refractivity contribution is 7.99. The second-order valence-corrected chi connectivity index (χ2v) is 9.88. The first-order chi connectivity index (χ1) is 15.7. The number of nitrogens with zero attached hydrogens (tertiary/aromatic N) is 4. The van der Waals surface area contributed by atoms with E-state index in [1.54, 1.807) is 0 Å². The molecule has 1 aromatic heterocycles. The van der Waals surface area contributed by atoms with Crippen molar-refractivity contribution in [1.82, 2.24) is 19.7 Å². The Morgan fingerprint density at radius 3 is 2.53 bits per heavy atom. The minimum atomic E-state index is 0.111. The van der Waals surface area contributed by atoms with Crippen LogP contribution in [0.1, 0.15) is 92.4 Å². The average Bonchev–Trinajstić information content (AvgIpc) is 3.11. The number of carbonyl (C=O) groups excluding carboxylic acids is 2. The van der Waals surface area contributed by atoms with Crippen LogP contribution in [-0.4, -0.2) is 43.7 Å². The molecule has 2 aliphatic rings. The fourth-order valence-corrected chi connectivity index (χ4v) is 5.74. The first-order valence-electron chi connectivity index (χ1n) is 12.1. The monoisotopic (exact) mass is 454 g/mol. The summed E-state index contributed by atoms with van der Waals surface area (Å²) in [4.78, 5) is 27.0. The summed E-state index contributed by atoms with van der Waals surface area (Å²) in [6.07, 6.45) is 10.2. The third-order valence-corrected chi connectivity index (χ3v) is 7.72. The third-order valence-electron chi connectivity index (χ3n) is 6.75. The van der Waals surface area contributed by atoms with Crippen molar-refractivity contribution >= 4 is 23.5 Å². The molecule has 32 heavy (non-hydrogen) atoms.